The van der Waals surface area contributed by atoms with E-state index in [9.17, 15) is 4.39 Å². The third kappa shape index (κ3) is 2.36. The van der Waals surface area contributed by atoms with Crippen LogP contribution in [0.3, 0.4) is 0 Å². The summed E-state index contributed by atoms with van der Waals surface area (Å²) in [6, 6.07) is 3.92. The molecule has 0 spiro atoms. The Morgan fingerprint density at radius 3 is 2.83 bits per heavy atom. The van der Waals surface area contributed by atoms with Gasteiger partial charge in [0.1, 0.15) is 11.6 Å². The fourth-order valence-electron chi connectivity index (χ4n) is 0.715. The minimum Gasteiger partial charge on any atom is -0.466 e. The van der Waals surface area contributed by atoms with Crippen molar-refractivity contribution in [3.63, 3.8) is 0 Å². The van der Waals surface area contributed by atoms with Gasteiger partial charge in [-0.05, 0) is 18.2 Å². The average molecular weight is 191 g/mol. The first-order valence-corrected chi connectivity index (χ1v) is 3.68. The molecule has 0 atom stereocenters. The highest BCUT2D eigenvalue weighted by atomic mass is 35.5. The molecule has 4 heteroatoms. The monoisotopic (exact) mass is 190 g/mol. The molecular weight excluding hydrogens is 183 g/mol. The summed E-state index contributed by atoms with van der Waals surface area (Å²) in [7, 11) is 1.50. The fraction of sp³-hybridized carbons (Fsp3) is 0.250. The zero-order chi connectivity index (χ0) is 8.97. The molecular formula is C8H8ClFO2. The van der Waals surface area contributed by atoms with Crippen molar-refractivity contribution in [3.8, 4) is 5.75 Å². The number of rotatable bonds is 3. The molecule has 1 aromatic carbocycles. The summed E-state index contributed by atoms with van der Waals surface area (Å²) in [5.41, 5.74) is 0. The summed E-state index contributed by atoms with van der Waals surface area (Å²) < 4.78 is 22.2. The van der Waals surface area contributed by atoms with Gasteiger partial charge in [-0.3, -0.25) is 0 Å². The van der Waals surface area contributed by atoms with Gasteiger partial charge in [0, 0.05) is 7.11 Å². The van der Waals surface area contributed by atoms with E-state index in [1.165, 1.54) is 25.3 Å². The maximum atomic E-state index is 12.5. The average Bonchev–Trinajstić information content (AvgIpc) is 2.03. The third-order valence-corrected chi connectivity index (χ3v) is 1.52. The zero-order valence-corrected chi connectivity index (χ0v) is 7.27. The Kier molecular flexibility index (Phi) is 3.31. The lowest BCUT2D eigenvalue weighted by Gasteiger charge is -2.05. The van der Waals surface area contributed by atoms with Crippen LogP contribution in [0, 0.1) is 5.82 Å². The van der Waals surface area contributed by atoms with Gasteiger partial charge in [0.05, 0.1) is 5.02 Å². The third-order valence-electron chi connectivity index (χ3n) is 1.23. The number of hydrogen-bond acceptors (Lipinski definition) is 2. The standard InChI is InChI=1S/C8H8ClFO2/c1-11-5-12-8-3-2-6(10)4-7(8)9/h2-4H,5H2,1H3. The summed E-state index contributed by atoms with van der Waals surface area (Å²) in [4.78, 5) is 0. The van der Waals surface area contributed by atoms with Gasteiger partial charge in [0.25, 0.3) is 0 Å². The summed E-state index contributed by atoms with van der Waals surface area (Å²) in [5.74, 6) is 0.0321. The van der Waals surface area contributed by atoms with Crippen molar-refractivity contribution < 1.29 is 13.9 Å². The van der Waals surface area contributed by atoms with Crippen LogP contribution in [0.1, 0.15) is 0 Å². The predicted octanol–water partition coefficient (Wildman–Crippen LogP) is 2.46. The molecule has 0 aliphatic heterocycles. The van der Waals surface area contributed by atoms with Crippen LogP contribution in [0.4, 0.5) is 4.39 Å². The van der Waals surface area contributed by atoms with Crippen LogP contribution in [0.15, 0.2) is 18.2 Å². The minimum absolute atomic E-state index is 0.103. The molecule has 0 radical (unpaired) electrons. The van der Waals surface area contributed by atoms with Gasteiger partial charge >= 0.3 is 0 Å². The van der Waals surface area contributed by atoms with Crippen LogP contribution >= 0.6 is 11.6 Å². The summed E-state index contributed by atoms with van der Waals surface area (Å²) >= 11 is 5.64. The topological polar surface area (TPSA) is 18.5 Å². The van der Waals surface area contributed by atoms with E-state index in [2.05, 4.69) is 4.74 Å². The Hall–Kier alpha value is -0.800. The highest BCUT2D eigenvalue weighted by Crippen LogP contribution is 2.24. The first-order chi connectivity index (χ1) is 5.74. The molecule has 0 amide bonds. The van der Waals surface area contributed by atoms with Gasteiger partial charge in [0.15, 0.2) is 6.79 Å². The summed E-state index contributed by atoms with van der Waals surface area (Å²) in [5, 5.41) is 0.243. The van der Waals surface area contributed by atoms with Gasteiger partial charge in [-0.2, -0.15) is 0 Å². The van der Waals surface area contributed by atoms with Gasteiger partial charge in [-0.15, -0.1) is 0 Å². The van der Waals surface area contributed by atoms with Crippen molar-refractivity contribution in [1.29, 1.82) is 0 Å². The van der Waals surface area contributed by atoms with Crippen LogP contribution in [0.2, 0.25) is 5.02 Å². The Balaban J connectivity index is 2.72. The lowest BCUT2D eigenvalue weighted by Crippen LogP contribution is -1.99. The Labute approximate surface area is 74.9 Å². The summed E-state index contributed by atoms with van der Waals surface area (Å²) in [6.07, 6.45) is 0. The second-order valence-electron chi connectivity index (χ2n) is 2.13. The molecule has 0 bridgehead atoms. The van der Waals surface area contributed by atoms with Crippen LogP contribution in [-0.4, -0.2) is 13.9 Å². The zero-order valence-electron chi connectivity index (χ0n) is 6.51. The SMILES string of the molecule is COCOc1ccc(F)cc1Cl. The van der Waals surface area contributed by atoms with E-state index in [1.807, 2.05) is 0 Å². The first-order valence-electron chi connectivity index (χ1n) is 3.31. The highest BCUT2D eigenvalue weighted by molar-refractivity contribution is 6.32. The van der Waals surface area contributed by atoms with Crippen LogP contribution < -0.4 is 4.74 Å². The molecule has 66 valence electrons. The minimum atomic E-state index is -0.384. The largest absolute Gasteiger partial charge is 0.466 e. The van der Waals surface area contributed by atoms with Crippen molar-refractivity contribution in [2.45, 2.75) is 0 Å². The van der Waals surface area contributed by atoms with Crippen LogP contribution in [0.5, 0.6) is 5.75 Å². The van der Waals surface area contributed by atoms with Crippen molar-refractivity contribution in [2.24, 2.45) is 0 Å². The summed E-state index contributed by atoms with van der Waals surface area (Å²) in [6.45, 7) is 0.103. The number of benzene rings is 1. The van der Waals surface area contributed by atoms with Gasteiger partial charge < -0.3 is 9.47 Å². The second kappa shape index (κ2) is 4.28. The van der Waals surface area contributed by atoms with Gasteiger partial charge in [-0.25, -0.2) is 4.39 Å². The molecule has 2 nitrogen and oxygen atoms in total. The smallest absolute Gasteiger partial charge is 0.188 e. The molecule has 0 fully saturated rings. The molecule has 0 unspecified atom stereocenters. The van der Waals surface area contributed by atoms with Crippen molar-refractivity contribution >= 4 is 11.6 Å². The molecule has 0 aliphatic carbocycles. The molecule has 1 rings (SSSR count). The maximum absolute atomic E-state index is 12.5. The molecule has 0 N–H and O–H groups in total. The van der Waals surface area contributed by atoms with Gasteiger partial charge in [0.2, 0.25) is 0 Å². The van der Waals surface area contributed by atoms with E-state index in [1.54, 1.807) is 0 Å². The fourth-order valence-corrected chi connectivity index (χ4v) is 0.936. The normalized spacial score (nSPS) is 9.92. The van der Waals surface area contributed by atoms with Crippen LogP contribution in [-0.2, 0) is 4.74 Å². The Bertz CT molecular complexity index is 265. The number of hydrogen-bond donors (Lipinski definition) is 0. The Morgan fingerprint density at radius 1 is 1.50 bits per heavy atom. The van der Waals surface area contributed by atoms with Crippen molar-refractivity contribution in [2.75, 3.05) is 13.9 Å². The van der Waals surface area contributed by atoms with Gasteiger partial charge in [-0.1, -0.05) is 11.6 Å². The van der Waals surface area contributed by atoms with Crippen molar-refractivity contribution in [1.82, 2.24) is 0 Å². The first kappa shape index (κ1) is 9.29. The molecule has 0 heterocycles. The van der Waals surface area contributed by atoms with E-state index in [4.69, 9.17) is 16.3 Å². The van der Waals surface area contributed by atoms with E-state index in [-0.39, 0.29) is 17.6 Å². The maximum Gasteiger partial charge on any atom is 0.188 e. The Morgan fingerprint density at radius 2 is 2.25 bits per heavy atom. The highest BCUT2D eigenvalue weighted by Gasteiger charge is 2.01. The number of methoxy groups -OCH3 is 1. The quantitative estimate of drug-likeness (QED) is 0.682. The molecule has 1 aromatic rings. The van der Waals surface area contributed by atoms with E-state index >= 15 is 0 Å². The molecule has 0 saturated carbocycles. The molecule has 0 aromatic heterocycles. The van der Waals surface area contributed by atoms with E-state index < -0.39 is 0 Å². The molecule has 12 heavy (non-hydrogen) atoms. The lowest BCUT2D eigenvalue weighted by atomic mass is 10.3. The lowest BCUT2D eigenvalue weighted by molar-refractivity contribution is 0.0511. The predicted molar refractivity (Wildman–Crippen MR) is 43.9 cm³/mol. The van der Waals surface area contributed by atoms with Crippen LogP contribution in [0.25, 0.3) is 0 Å². The molecule has 0 aliphatic rings. The second-order valence-corrected chi connectivity index (χ2v) is 2.53. The van der Waals surface area contributed by atoms with E-state index in [0.29, 0.717) is 5.75 Å². The number of halogens is 2. The molecule has 0 saturated heterocycles. The number of ether oxygens (including phenoxy) is 2. The van der Waals surface area contributed by atoms with Crippen molar-refractivity contribution in [3.05, 3.63) is 29.0 Å². The van der Waals surface area contributed by atoms with E-state index in [0.717, 1.165) is 0 Å².